The second kappa shape index (κ2) is 9.51. The first-order valence-electron chi connectivity index (χ1n) is 8.57. The average Bonchev–Trinajstić information content (AvgIpc) is 2.66. The van der Waals surface area contributed by atoms with Gasteiger partial charge >= 0.3 is 6.18 Å². The maximum Gasteiger partial charge on any atom is 0.417 e. The fourth-order valence-corrected chi connectivity index (χ4v) is 2.74. The van der Waals surface area contributed by atoms with Crippen molar-refractivity contribution in [2.24, 2.45) is 10.1 Å². The molecule has 5 nitrogen and oxygen atoms in total. The number of hydrogen-bond acceptors (Lipinski definition) is 4. The number of nitrogens with one attached hydrogen (secondary N) is 1. The summed E-state index contributed by atoms with van der Waals surface area (Å²) in [5.41, 5.74) is 3.62. The zero-order valence-corrected chi connectivity index (χ0v) is 16.4. The molecule has 0 heterocycles. The highest BCUT2D eigenvalue weighted by Crippen LogP contribution is 2.33. The SMILES string of the molecule is CN=C(NOC)c1cccc(C)c1CO/N=C(\C)c1ccc(F)cc1C(F)(F)F. The second-order valence-electron chi connectivity index (χ2n) is 6.12. The summed E-state index contributed by atoms with van der Waals surface area (Å²) in [5.74, 6) is -0.509. The molecule has 0 saturated heterocycles. The van der Waals surface area contributed by atoms with E-state index in [4.69, 9.17) is 9.68 Å². The van der Waals surface area contributed by atoms with E-state index in [-0.39, 0.29) is 17.9 Å². The maximum absolute atomic E-state index is 13.3. The molecule has 1 N–H and O–H groups in total. The number of aliphatic imine (C=N–C) groups is 1. The molecule has 0 aliphatic heterocycles. The van der Waals surface area contributed by atoms with Crippen LogP contribution in [0.3, 0.4) is 0 Å². The number of amidine groups is 1. The van der Waals surface area contributed by atoms with E-state index in [1.54, 1.807) is 13.1 Å². The first-order valence-corrected chi connectivity index (χ1v) is 8.57. The summed E-state index contributed by atoms with van der Waals surface area (Å²) in [6.45, 7) is 3.22. The number of hydroxylamine groups is 1. The molecular formula is C20H21F4N3O2. The molecule has 9 heteroatoms. The number of nitrogens with zero attached hydrogens (tertiary/aromatic N) is 2. The molecule has 0 aliphatic rings. The molecule has 2 aromatic carbocycles. The Morgan fingerprint density at radius 2 is 1.86 bits per heavy atom. The van der Waals surface area contributed by atoms with Gasteiger partial charge in [0.05, 0.1) is 18.4 Å². The van der Waals surface area contributed by atoms with E-state index in [1.807, 2.05) is 19.1 Å². The number of rotatable bonds is 6. The first-order chi connectivity index (χ1) is 13.7. The lowest BCUT2D eigenvalue weighted by molar-refractivity contribution is -0.137. The van der Waals surface area contributed by atoms with Gasteiger partial charge in [-0.25, -0.2) is 9.87 Å². The van der Waals surface area contributed by atoms with E-state index >= 15 is 0 Å². The Labute approximate surface area is 166 Å². The van der Waals surface area contributed by atoms with Crippen LogP contribution in [-0.4, -0.2) is 25.7 Å². The topological polar surface area (TPSA) is 55.2 Å². The summed E-state index contributed by atoms with van der Waals surface area (Å²) in [6.07, 6.45) is -4.71. The predicted molar refractivity (Wildman–Crippen MR) is 102 cm³/mol. The lowest BCUT2D eigenvalue weighted by atomic mass is 10.0. The van der Waals surface area contributed by atoms with Crippen molar-refractivity contribution >= 4 is 11.5 Å². The largest absolute Gasteiger partial charge is 0.417 e. The standard InChI is InChI=1S/C20H21F4N3O2/c1-12-6-5-7-16(19(25-3)27-28-4)17(12)11-29-26-13(2)15-9-8-14(21)10-18(15)20(22,23)24/h5-10H,11H2,1-4H3,(H,25,27)/b26-13+. The summed E-state index contributed by atoms with van der Waals surface area (Å²) in [7, 11) is 3.04. The van der Waals surface area contributed by atoms with Crippen LogP contribution in [-0.2, 0) is 22.5 Å². The summed E-state index contributed by atoms with van der Waals surface area (Å²) >= 11 is 0. The Morgan fingerprint density at radius 3 is 2.48 bits per heavy atom. The number of alkyl halides is 3. The minimum absolute atomic E-state index is 0.00763. The molecule has 0 saturated carbocycles. The highest BCUT2D eigenvalue weighted by atomic mass is 19.4. The van der Waals surface area contributed by atoms with Gasteiger partial charge in [-0.15, -0.1) is 0 Å². The number of benzene rings is 2. The molecule has 0 aromatic heterocycles. The van der Waals surface area contributed by atoms with Gasteiger partial charge in [-0.1, -0.05) is 23.4 Å². The van der Waals surface area contributed by atoms with Gasteiger partial charge in [-0.05, 0) is 37.6 Å². The third-order valence-corrected chi connectivity index (χ3v) is 4.17. The van der Waals surface area contributed by atoms with Crippen molar-refractivity contribution in [3.8, 4) is 0 Å². The fraction of sp³-hybridized carbons (Fsp3) is 0.300. The molecule has 2 aromatic rings. The van der Waals surface area contributed by atoms with Gasteiger partial charge in [-0.2, -0.15) is 13.2 Å². The van der Waals surface area contributed by atoms with Crippen LogP contribution in [0.2, 0.25) is 0 Å². The predicted octanol–water partition coefficient (Wildman–Crippen LogP) is 4.62. The molecule has 156 valence electrons. The molecule has 2 rings (SSSR count). The molecule has 0 aliphatic carbocycles. The van der Waals surface area contributed by atoms with E-state index in [1.165, 1.54) is 14.0 Å². The molecule has 0 spiro atoms. The molecule has 0 fully saturated rings. The van der Waals surface area contributed by atoms with Crippen LogP contribution in [0.15, 0.2) is 46.5 Å². The van der Waals surface area contributed by atoms with Crippen LogP contribution in [0.1, 0.15) is 34.7 Å². The highest BCUT2D eigenvalue weighted by molar-refractivity contribution is 6.00. The Hall–Kier alpha value is -2.94. The van der Waals surface area contributed by atoms with Crippen molar-refractivity contribution in [3.05, 3.63) is 70.0 Å². The molecule has 0 unspecified atom stereocenters. The van der Waals surface area contributed by atoms with Gasteiger partial charge in [0.25, 0.3) is 0 Å². The third kappa shape index (κ3) is 5.54. The summed E-state index contributed by atoms with van der Waals surface area (Å²) in [4.78, 5) is 14.4. The molecule has 0 bridgehead atoms. The van der Waals surface area contributed by atoms with E-state index in [0.717, 1.165) is 23.3 Å². The fourth-order valence-electron chi connectivity index (χ4n) is 2.74. The number of halogens is 4. The van der Waals surface area contributed by atoms with Crippen LogP contribution in [0, 0.1) is 12.7 Å². The van der Waals surface area contributed by atoms with Gasteiger partial charge in [0.15, 0.2) is 5.84 Å². The van der Waals surface area contributed by atoms with Gasteiger partial charge in [-0.3, -0.25) is 9.83 Å². The molecular weight excluding hydrogens is 390 g/mol. The number of aryl methyl sites for hydroxylation is 1. The normalized spacial score (nSPS) is 12.8. The van der Waals surface area contributed by atoms with Gasteiger partial charge in [0.1, 0.15) is 12.4 Å². The van der Waals surface area contributed by atoms with Crippen molar-refractivity contribution < 1.29 is 27.2 Å². The smallest absolute Gasteiger partial charge is 0.391 e. The quantitative estimate of drug-likeness (QED) is 0.327. The van der Waals surface area contributed by atoms with Gasteiger partial charge < -0.3 is 4.84 Å². The van der Waals surface area contributed by atoms with E-state index in [2.05, 4.69) is 15.6 Å². The Bertz CT molecular complexity index is 924. The minimum Gasteiger partial charge on any atom is -0.391 e. The third-order valence-electron chi connectivity index (χ3n) is 4.17. The Morgan fingerprint density at radius 1 is 1.14 bits per heavy atom. The zero-order chi connectivity index (χ0) is 21.6. The van der Waals surface area contributed by atoms with Crippen LogP contribution < -0.4 is 5.48 Å². The van der Waals surface area contributed by atoms with Crippen molar-refractivity contribution in [3.63, 3.8) is 0 Å². The van der Waals surface area contributed by atoms with Crippen molar-refractivity contribution in [2.45, 2.75) is 26.6 Å². The summed E-state index contributed by atoms with van der Waals surface area (Å²) < 4.78 is 52.8. The Kier molecular flexibility index (Phi) is 7.33. The summed E-state index contributed by atoms with van der Waals surface area (Å²) in [6, 6.07) is 7.92. The van der Waals surface area contributed by atoms with Gasteiger partial charge in [0, 0.05) is 23.7 Å². The second-order valence-corrected chi connectivity index (χ2v) is 6.12. The van der Waals surface area contributed by atoms with Crippen LogP contribution >= 0.6 is 0 Å². The van der Waals surface area contributed by atoms with Crippen molar-refractivity contribution in [2.75, 3.05) is 14.2 Å². The van der Waals surface area contributed by atoms with Crippen molar-refractivity contribution in [1.82, 2.24) is 5.48 Å². The monoisotopic (exact) mass is 411 g/mol. The first kappa shape index (κ1) is 22.4. The molecule has 0 radical (unpaired) electrons. The van der Waals surface area contributed by atoms with Gasteiger partial charge in [0.2, 0.25) is 0 Å². The summed E-state index contributed by atoms with van der Waals surface area (Å²) in [5, 5.41) is 3.81. The van der Waals surface area contributed by atoms with E-state index < -0.39 is 17.6 Å². The van der Waals surface area contributed by atoms with Crippen LogP contribution in [0.5, 0.6) is 0 Å². The molecule has 0 amide bonds. The van der Waals surface area contributed by atoms with Crippen molar-refractivity contribution in [1.29, 1.82) is 0 Å². The minimum atomic E-state index is -4.71. The maximum atomic E-state index is 13.3. The lowest BCUT2D eigenvalue weighted by Crippen LogP contribution is -2.24. The van der Waals surface area contributed by atoms with E-state index in [9.17, 15) is 17.6 Å². The number of hydrogen-bond donors (Lipinski definition) is 1. The lowest BCUT2D eigenvalue weighted by Gasteiger charge is -2.15. The molecule has 0 atom stereocenters. The average molecular weight is 411 g/mol. The number of oxime groups is 1. The Balaban J connectivity index is 2.30. The van der Waals surface area contributed by atoms with E-state index in [0.29, 0.717) is 17.5 Å². The zero-order valence-electron chi connectivity index (χ0n) is 16.4. The van der Waals surface area contributed by atoms with Crippen LogP contribution in [0.4, 0.5) is 17.6 Å². The van der Waals surface area contributed by atoms with Crippen LogP contribution in [0.25, 0.3) is 0 Å². The highest BCUT2D eigenvalue weighted by Gasteiger charge is 2.34. The molecule has 29 heavy (non-hydrogen) atoms.